The molecule has 1 atom stereocenters. The number of thiophene rings is 1. The summed E-state index contributed by atoms with van der Waals surface area (Å²) in [5, 5.41) is 13.0. The van der Waals surface area contributed by atoms with Crippen molar-refractivity contribution in [2.75, 3.05) is 6.54 Å². The maximum absolute atomic E-state index is 9.59. The van der Waals surface area contributed by atoms with Crippen molar-refractivity contribution in [2.24, 2.45) is 0 Å². The first-order valence-electron chi connectivity index (χ1n) is 5.88. The van der Waals surface area contributed by atoms with Gasteiger partial charge in [0.25, 0.3) is 0 Å². The SMILES string of the molecule is Cc1ccc(CC(C)NCCC(C)(C)O)s1. The van der Waals surface area contributed by atoms with Gasteiger partial charge in [0, 0.05) is 15.8 Å². The Bertz CT molecular complexity index is 314. The van der Waals surface area contributed by atoms with E-state index in [4.69, 9.17) is 0 Å². The summed E-state index contributed by atoms with van der Waals surface area (Å²) in [4.78, 5) is 2.81. The van der Waals surface area contributed by atoms with E-state index in [-0.39, 0.29) is 0 Å². The standard InChI is InChI=1S/C13H23NOS/c1-10(14-8-7-13(3,4)15)9-12-6-5-11(2)16-12/h5-6,10,14-15H,7-9H2,1-4H3. The second-order valence-electron chi connectivity index (χ2n) is 5.13. The number of aliphatic hydroxyl groups is 1. The molecule has 1 heterocycles. The first-order valence-corrected chi connectivity index (χ1v) is 6.69. The lowest BCUT2D eigenvalue weighted by molar-refractivity contribution is 0.0705. The molecule has 1 unspecified atom stereocenters. The van der Waals surface area contributed by atoms with Crippen LogP contribution < -0.4 is 5.32 Å². The number of nitrogens with one attached hydrogen (secondary N) is 1. The Morgan fingerprint density at radius 1 is 1.44 bits per heavy atom. The molecule has 0 fully saturated rings. The van der Waals surface area contributed by atoms with Crippen LogP contribution in [0.15, 0.2) is 12.1 Å². The molecule has 0 aliphatic rings. The maximum atomic E-state index is 9.59. The fourth-order valence-corrected chi connectivity index (χ4v) is 2.61. The van der Waals surface area contributed by atoms with Crippen molar-refractivity contribution in [3.05, 3.63) is 21.9 Å². The molecule has 92 valence electrons. The van der Waals surface area contributed by atoms with Gasteiger partial charge in [0.2, 0.25) is 0 Å². The lowest BCUT2D eigenvalue weighted by Gasteiger charge is -2.19. The van der Waals surface area contributed by atoms with E-state index in [1.54, 1.807) is 0 Å². The van der Waals surface area contributed by atoms with Crippen LogP contribution in [-0.4, -0.2) is 23.3 Å². The van der Waals surface area contributed by atoms with Crippen LogP contribution in [0.1, 0.15) is 36.9 Å². The van der Waals surface area contributed by atoms with Crippen molar-refractivity contribution in [3.8, 4) is 0 Å². The minimum absolute atomic E-state index is 0.473. The number of rotatable bonds is 6. The first kappa shape index (κ1) is 13.7. The molecule has 1 aromatic heterocycles. The van der Waals surface area contributed by atoms with E-state index in [1.165, 1.54) is 9.75 Å². The van der Waals surface area contributed by atoms with E-state index < -0.39 is 5.60 Å². The lowest BCUT2D eigenvalue weighted by atomic mass is 10.1. The van der Waals surface area contributed by atoms with Crippen LogP contribution >= 0.6 is 11.3 Å². The molecule has 1 rings (SSSR count). The molecule has 0 saturated carbocycles. The van der Waals surface area contributed by atoms with Crippen molar-refractivity contribution in [1.29, 1.82) is 0 Å². The number of aryl methyl sites for hydroxylation is 1. The molecule has 3 heteroatoms. The van der Waals surface area contributed by atoms with Gasteiger partial charge in [-0.15, -0.1) is 11.3 Å². The first-order chi connectivity index (χ1) is 7.37. The van der Waals surface area contributed by atoms with Gasteiger partial charge in [-0.2, -0.15) is 0 Å². The van der Waals surface area contributed by atoms with Crippen molar-refractivity contribution in [1.82, 2.24) is 5.32 Å². The fraction of sp³-hybridized carbons (Fsp3) is 0.692. The van der Waals surface area contributed by atoms with Crippen LogP contribution in [0.5, 0.6) is 0 Å². The van der Waals surface area contributed by atoms with E-state index >= 15 is 0 Å². The molecule has 16 heavy (non-hydrogen) atoms. The van der Waals surface area contributed by atoms with Crippen molar-refractivity contribution in [2.45, 2.75) is 52.2 Å². The van der Waals surface area contributed by atoms with Gasteiger partial charge in [-0.1, -0.05) is 0 Å². The highest BCUT2D eigenvalue weighted by atomic mass is 32.1. The van der Waals surface area contributed by atoms with Crippen LogP contribution in [-0.2, 0) is 6.42 Å². The molecule has 0 aliphatic heterocycles. The molecule has 0 radical (unpaired) electrons. The maximum Gasteiger partial charge on any atom is 0.0603 e. The molecule has 0 spiro atoms. The van der Waals surface area contributed by atoms with Crippen molar-refractivity contribution < 1.29 is 5.11 Å². The van der Waals surface area contributed by atoms with Crippen LogP contribution in [0.3, 0.4) is 0 Å². The monoisotopic (exact) mass is 241 g/mol. The number of hydrogen-bond acceptors (Lipinski definition) is 3. The van der Waals surface area contributed by atoms with Crippen LogP contribution in [0.2, 0.25) is 0 Å². The predicted octanol–water partition coefficient (Wildman–Crippen LogP) is 2.74. The summed E-state index contributed by atoms with van der Waals surface area (Å²) in [6, 6.07) is 4.85. The van der Waals surface area contributed by atoms with Crippen LogP contribution in [0.4, 0.5) is 0 Å². The highest BCUT2D eigenvalue weighted by Crippen LogP contribution is 2.16. The summed E-state index contributed by atoms with van der Waals surface area (Å²) in [5.74, 6) is 0. The largest absolute Gasteiger partial charge is 0.390 e. The zero-order valence-electron chi connectivity index (χ0n) is 10.7. The van der Waals surface area contributed by atoms with E-state index in [1.807, 2.05) is 25.2 Å². The molecular weight excluding hydrogens is 218 g/mol. The minimum Gasteiger partial charge on any atom is -0.390 e. The van der Waals surface area contributed by atoms with E-state index in [0.717, 1.165) is 19.4 Å². The Kier molecular flexibility index (Phi) is 4.96. The molecule has 0 amide bonds. The minimum atomic E-state index is -0.563. The zero-order chi connectivity index (χ0) is 12.2. The Morgan fingerprint density at radius 3 is 2.62 bits per heavy atom. The second-order valence-corrected chi connectivity index (χ2v) is 6.51. The average molecular weight is 241 g/mol. The van der Waals surface area contributed by atoms with Crippen LogP contribution in [0, 0.1) is 6.92 Å². The Hall–Kier alpha value is -0.380. The topological polar surface area (TPSA) is 32.3 Å². The van der Waals surface area contributed by atoms with E-state index in [2.05, 4.69) is 31.3 Å². The highest BCUT2D eigenvalue weighted by molar-refractivity contribution is 7.11. The van der Waals surface area contributed by atoms with Crippen LogP contribution in [0.25, 0.3) is 0 Å². The molecule has 1 aromatic rings. The molecule has 0 saturated heterocycles. The molecule has 0 aliphatic carbocycles. The van der Waals surface area contributed by atoms with Gasteiger partial charge in [0.1, 0.15) is 0 Å². The van der Waals surface area contributed by atoms with Crippen molar-refractivity contribution >= 4 is 11.3 Å². The fourth-order valence-electron chi connectivity index (χ4n) is 1.59. The summed E-state index contributed by atoms with van der Waals surface area (Å²) >= 11 is 1.87. The van der Waals surface area contributed by atoms with Gasteiger partial charge in [-0.25, -0.2) is 0 Å². The molecular formula is C13H23NOS. The van der Waals surface area contributed by atoms with Gasteiger partial charge in [-0.05, 0) is 59.2 Å². The normalized spacial score (nSPS) is 14.1. The molecule has 0 aromatic carbocycles. The third-order valence-corrected chi connectivity index (χ3v) is 3.56. The Morgan fingerprint density at radius 2 is 2.12 bits per heavy atom. The quantitative estimate of drug-likeness (QED) is 0.802. The summed E-state index contributed by atoms with van der Waals surface area (Å²) in [6.07, 6.45) is 1.87. The highest BCUT2D eigenvalue weighted by Gasteiger charge is 2.12. The van der Waals surface area contributed by atoms with Gasteiger partial charge in [0.05, 0.1) is 5.60 Å². The van der Waals surface area contributed by atoms with Gasteiger partial charge < -0.3 is 10.4 Å². The zero-order valence-corrected chi connectivity index (χ0v) is 11.5. The summed E-state index contributed by atoms with van der Waals surface area (Å²) in [7, 11) is 0. The molecule has 2 nitrogen and oxygen atoms in total. The third kappa shape index (κ3) is 5.64. The Balaban J connectivity index is 2.23. The van der Waals surface area contributed by atoms with Gasteiger partial charge in [-0.3, -0.25) is 0 Å². The molecule has 0 bridgehead atoms. The predicted molar refractivity (Wildman–Crippen MR) is 71.1 cm³/mol. The van der Waals surface area contributed by atoms with Crippen molar-refractivity contribution in [3.63, 3.8) is 0 Å². The summed E-state index contributed by atoms with van der Waals surface area (Å²) < 4.78 is 0. The van der Waals surface area contributed by atoms with Gasteiger partial charge in [0.15, 0.2) is 0 Å². The summed E-state index contributed by atoms with van der Waals surface area (Å²) in [5.41, 5.74) is -0.563. The molecule has 2 N–H and O–H groups in total. The lowest BCUT2D eigenvalue weighted by Crippen LogP contribution is -2.33. The third-order valence-electron chi connectivity index (χ3n) is 2.53. The average Bonchev–Trinajstić information content (AvgIpc) is 2.48. The smallest absolute Gasteiger partial charge is 0.0603 e. The second kappa shape index (κ2) is 5.80. The van der Waals surface area contributed by atoms with E-state index in [9.17, 15) is 5.11 Å². The van der Waals surface area contributed by atoms with E-state index in [0.29, 0.717) is 6.04 Å². The number of hydrogen-bond donors (Lipinski definition) is 2. The Labute approximate surface area is 103 Å². The summed E-state index contributed by atoms with van der Waals surface area (Å²) in [6.45, 7) is 8.90. The van der Waals surface area contributed by atoms with Gasteiger partial charge >= 0.3 is 0 Å².